The summed E-state index contributed by atoms with van der Waals surface area (Å²) in [5, 5.41) is 55.3. The molecule has 0 bridgehead atoms. The zero-order valence-electron chi connectivity index (χ0n) is 77.8. The Morgan fingerprint density at radius 1 is 0.425 bits per heavy atom. The molecule has 0 unspecified atom stereocenters. The Balaban J connectivity index is 0.000000121. The van der Waals surface area contributed by atoms with Crippen molar-refractivity contribution in [3.63, 3.8) is 0 Å². The fourth-order valence-electron chi connectivity index (χ4n) is 25.9. The molecule has 5 aromatic carbocycles. The number of rotatable bonds is 5. The van der Waals surface area contributed by atoms with E-state index in [1.807, 2.05) is 152 Å². The van der Waals surface area contributed by atoms with Crippen LogP contribution in [0, 0.1) is 64.4 Å². The number of nitrogens with zero attached hydrogens (tertiary/aromatic N) is 13. The van der Waals surface area contributed by atoms with Crippen molar-refractivity contribution in [2.45, 2.75) is 240 Å². The third-order valence-corrected chi connectivity index (χ3v) is 31.5. The predicted octanol–water partition coefficient (Wildman–Crippen LogP) is 21.6. The van der Waals surface area contributed by atoms with Gasteiger partial charge < -0.3 is 24.7 Å². The van der Waals surface area contributed by atoms with Crippen molar-refractivity contribution in [1.29, 1.82) is 0 Å². The normalized spacial score (nSPS) is 27.2. The number of ketones is 3. The zero-order valence-corrected chi connectivity index (χ0v) is 76.8. The lowest BCUT2D eigenvalue weighted by Crippen LogP contribution is -2.53. The van der Waals surface area contributed by atoms with Crippen LogP contribution in [0.1, 0.15) is 238 Å². The Labute approximate surface area is 749 Å². The van der Waals surface area contributed by atoms with E-state index < -0.39 is 16.2 Å². The molecule has 0 radical (unpaired) electrons. The van der Waals surface area contributed by atoms with Crippen LogP contribution >= 0.6 is 0 Å². The van der Waals surface area contributed by atoms with Crippen LogP contribution in [0.5, 0.6) is 0 Å². The van der Waals surface area contributed by atoms with Crippen LogP contribution in [-0.4, -0.2) is 93.9 Å². The summed E-state index contributed by atoms with van der Waals surface area (Å²) in [5.74, 6) is 3.38. The van der Waals surface area contributed by atoms with Crippen LogP contribution in [0.4, 0.5) is 0 Å². The molecule has 660 valence electrons. The molecule has 10 aliphatic carbocycles. The molecule has 11 aromatic rings. The number of allylic oxidation sites excluding steroid dienone is 5. The lowest BCUT2D eigenvalue weighted by atomic mass is 9.50. The van der Waals surface area contributed by atoms with Crippen LogP contribution in [0.2, 0.25) is 0 Å². The van der Waals surface area contributed by atoms with Gasteiger partial charge in [-0.2, -0.15) is 25.5 Å². The number of Topliss-reactive ketones (excluding diaryl/α,β-unsaturated/α-hetero) is 3. The zero-order chi connectivity index (χ0) is 91.6. The first kappa shape index (κ1) is 88.5. The molecule has 21 nitrogen and oxygen atoms in total. The number of hydrogen-bond donors (Lipinski definition) is 4. The Kier molecular flexibility index (Phi) is 23.5. The Morgan fingerprint density at radius 3 is 1.14 bits per heavy atom. The first-order valence-electron chi connectivity index (χ1n) is 45.8. The number of aliphatic hydroxyl groups excluding tert-OH is 2. The van der Waals surface area contributed by atoms with Crippen molar-refractivity contribution in [3.8, 4) is 28.4 Å². The second-order valence-corrected chi connectivity index (χ2v) is 40.6. The number of aryl methyl sites for hydroxylation is 5. The van der Waals surface area contributed by atoms with Gasteiger partial charge in [-0.25, -0.2) is 38.6 Å². The summed E-state index contributed by atoms with van der Waals surface area (Å²) in [4.78, 5) is 45.3. The van der Waals surface area contributed by atoms with Gasteiger partial charge in [-0.15, -0.1) is 0 Å². The number of aromatic nitrogens is 11. The van der Waals surface area contributed by atoms with Crippen molar-refractivity contribution in [1.82, 2.24) is 59.5 Å². The summed E-state index contributed by atoms with van der Waals surface area (Å²) in [5.41, 5.74) is 19.9. The molecule has 21 rings (SSSR count). The highest BCUT2D eigenvalue weighted by Crippen LogP contribution is 2.63. The molecule has 0 amide bonds. The van der Waals surface area contributed by atoms with Gasteiger partial charge in [0.25, 0.3) is 0 Å². The lowest BCUT2D eigenvalue weighted by molar-refractivity contribution is -0.137. The summed E-state index contributed by atoms with van der Waals surface area (Å²) < 4.78 is 21.8. The van der Waals surface area contributed by atoms with E-state index in [0.29, 0.717) is 48.2 Å². The summed E-state index contributed by atoms with van der Waals surface area (Å²) >= 11 is 0. The minimum Gasteiger partial charge on any atom is -0.523 e. The van der Waals surface area contributed by atoms with Gasteiger partial charge in [0.1, 0.15) is 17.3 Å². The van der Waals surface area contributed by atoms with Crippen molar-refractivity contribution in [3.05, 3.63) is 314 Å². The number of benzene rings is 5. The molecule has 2 fully saturated rings. The van der Waals surface area contributed by atoms with Gasteiger partial charge in [0.15, 0.2) is 11.6 Å². The molecule has 127 heavy (non-hydrogen) atoms. The van der Waals surface area contributed by atoms with E-state index in [4.69, 9.17) is 34.4 Å². The third-order valence-electron chi connectivity index (χ3n) is 31.5. The number of fused-ring (bicyclic) bond motifs is 16. The molecule has 10 aliphatic rings. The molecule has 0 aliphatic heterocycles. The minimum absolute atomic E-state index is 0.0251. The first-order chi connectivity index (χ1) is 61.0. The highest BCUT2D eigenvalue weighted by Gasteiger charge is 2.61. The second kappa shape index (κ2) is 33.7. The SMILES string of the molecule is CC1(C)C(=O)/C(=C\O)C[C@]2(C)c3c(cnn3-c3ccccc3)CC[C@@H]12.CC1(C)C(=O)CC[C@]2(C)c3c(cnn3-c3ccccc3)CC[C@@H]12.CC1(C)c2oncc2C[C@]2(C)c3c(cnn3-c3ccccc3)CC[C@@H]12.CNO.[3H]C.[C-]#[N+]C1=C(O)C(C)(C)[C@@H]2CCc3cnn(-c4ccccc4)c3[C@@]2(C)C1.[C-]#[N+]C1=C[C@]2(C)c3c(cnn3-c3ccccc3)CC[C@H]2C(C)(C)C1=O. The minimum atomic E-state index is -0.549. The van der Waals surface area contributed by atoms with Crippen LogP contribution in [0.15, 0.2) is 228 Å². The van der Waals surface area contributed by atoms with Crippen LogP contribution in [0.25, 0.3) is 38.1 Å². The lowest BCUT2D eigenvalue weighted by Gasteiger charge is -2.52. The van der Waals surface area contributed by atoms with Crippen LogP contribution in [-0.2, 0) is 85.4 Å². The van der Waals surface area contributed by atoms with Gasteiger partial charge in [-0.3, -0.25) is 9.59 Å². The average Bonchev–Trinajstić information content (AvgIpc) is 1.56. The van der Waals surface area contributed by atoms with Crippen LogP contribution in [0.3, 0.4) is 0 Å². The summed E-state index contributed by atoms with van der Waals surface area (Å²) in [6.07, 6.45) is 28.6. The molecule has 6 aromatic heterocycles. The van der Waals surface area contributed by atoms with Gasteiger partial charge in [0.2, 0.25) is 11.4 Å². The summed E-state index contributed by atoms with van der Waals surface area (Å²) in [6.45, 7) is 47.5. The Bertz CT molecular complexity index is 6150. The van der Waals surface area contributed by atoms with E-state index >= 15 is 0 Å². The highest BCUT2D eigenvalue weighted by atomic mass is 16.5. The monoisotopic (exact) mass is 1710 g/mol. The highest BCUT2D eigenvalue weighted by molar-refractivity contribution is 6.03. The van der Waals surface area contributed by atoms with E-state index in [9.17, 15) is 24.6 Å². The largest absolute Gasteiger partial charge is 0.523 e. The molecule has 10 atom stereocenters. The smallest absolute Gasteiger partial charge is 0.226 e. The number of aliphatic hydroxyl groups is 2. The Morgan fingerprint density at radius 2 is 0.756 bits per heavy atom. The number of para-hydroxylation sites is 5. The molecule has 0 saturated heterocycles. The second-order valence-electron chi connectivity index (χ2n) is 40.6. The molecule has 21 heteroatoms. The number of hydroxylamine groups is 1. The number of carbonyl (C=O) groups excluding carboxylic acids is 3. The van der Waals surface area contributed by atoms with Crippen molar-refractivity contribution >= 4 is 17.3 Å². The maximum absolute atomic E-state index is 12.8. The maximum atomic E-state index is 12.8. The van der Waals surface area contributed by atoms with Crippen LogP contribution < -0.4 is 5.48 Å². The summed E-state index contributed by atoms with van der Waals surface area (Å²) in [7, 11) is 2.68. The van der Waals surface area contributed by atoms with E-state index in [-0.39, 0.29) is 78.7 Å². The third kappa shape index (κ3) is 14.7. The van der Waals surface area contributed by atoms with Gasteiger partial charge >= 0.3 is 0 Å². The molecule has 2 saturated carbocycles. The fraction of sp³-hybridized carbons (Fsp3) is 0.443. The molecular weight excluding hydrogens is 1580 g/mol. The van der Waals surface area contributed by atoms with E-state index in [2.05, 4.69) is 201 Å². The molecule has 4 N–H and O–H groups in total. The van der Waals surface area contributed by atoms with E-state index in [1.165, 1.54) is 70.6 Å². The summed E-state index contributed by atoms with van der Waals surface area (Å²) in [6, 6.07) is 51.2. The van der Waals surface area contributed by atoms with Crippen molar-refractivity contribution in [2.24, 2.45) is 51.2 Å². The number of carbonyl (C=O) groups is 3. The maximum Gasteiger partial charge on any atom is 0.226 e. The average molecular weight is 1710 g/mol. The topological polar surface area (TPSA) is 248 Å². The standard InChI is InChI=1S/2C21H23N3O.C21H21N3O.C21H24N2O2.C20H24N2O.CH5NO.CH4/c1-20(2)17-10-9-14-12-22-24(16-7-5-4-6-8-16)18(14)21(17,3)11-15-13-23-25-19(15)20;2*1-20(2)17-11-10-14-13-23-24(15-8-6-5-7-9-15)18(14)21(17,3)12-16(22-4)19(20)25;1-20(2)17-10-9-14-12-22-23(16-7-5-4-6-8-16)18(14)21(17,3)11-15(13-24)19(20)25;1-19(2)16-10-9-14-13-21-22(15-7-5-4-6-8-15)18(14)20(16,3)12-11-17(19)23;1-2-3;/h4-8,12-13,17H,9-11H2,1-3H3;5-9,13,17,25H,10-12H2,1-3H3;5-9,12-13,17H,10-11H2,1-3H3;4-8,12-13,17,24H,9-11H2,1-3H3;4-8,13,16H,9-12H2,1-3H3;2-3H,1H3;1H4/b;;;15-13-;;;/t4*17-,21-;16-,20-;;/m00000../s1/i;;;;;;1T. The number of nitrogens with one attached hydrogen (secondary N) is 1. The molecule has 0 spiro atoms. The fourth-order valence-corrected chi connectivity index (χ4v) is 25.9. The van der Waals surface area contributed by atoms with Gasteiger partial charge in [0.05, 0.1) is 113 Å². The number of hydrogen-bond acceptors (Lipinski definition) is 14. The molecule has 6 heterocycles. The quantitative estimate of drug-likeness (QED) is 0.0542. The predicted molar refractivity (Wildman–Crippen MR) is 495 cm³/mol. The van der Waals surface area contributed by atoms with Gasteiger partial charge in [-0.05, 0) is 208 Å². The van der Waals surface area contributed by atoms with E-state index in [0.717, 1.165) is 123 Å². The van der Waals surface area contributed by atoms with Gasteiger partial charge in [-0.1, -0.05) is 213 Å². The Hall–Kier alpha value is -11.9. The first-order valence-corrected chi connectivity index (χ1v) is 44.8. The van der Waals surface area contributed by atoms with Crippen molar-refractivity contribution in [2.75, 3.05) is 7.05 Å². The molecular formula is C106H124N14O7. The van der Waals surface area contributed by atoms with E-state index in [1.54, 1.807) is 5.48 Å². The van der Waals surface area contributed by atoms with Gasteiger partial charge in [0, 0.05) is 80.1 Å². The van der Waals surface area contributed by atoms with Crippen molar-refractivity contribution < 1.29 is 35.7 Å².